The second-order valence-corrected chi connectivity index (χ2v) is 6.39. The van der Waals surface area contributed by atoms with Gasteiger partial charge in [-0.05, 0) is 12.1 Å². The zero-order valence-corrected chi connectivity index (χ0v) is 12.7. The van der Waals surface area contributed by atoms with Gasteiger partial charge in [-0.2, -0.15) is 27.6 Å². The van der Waals surface area contributed by atoms with E-state index in [1.165, 1.54) is 30.6 Å². The average molecular weight is 325 g/mol. The number of nitrogens with one attached hydrogen (secondary N) is 1. The van der Waals surface area contributed by atoms with Crippen LogP contribution < -0.4 is 9.66 Å². The third-order valence-corrected chi connectivity index (χ3v) is 4.26. The normalized spacial score (nSPS) is 11.8. The minimum absolute atomic E-state index is 0.116. The first-order valence-corrected chi connectivity index (χ1v) is 7.62. The summed E-state index contributed by atoms with van der Waals surface area (Å²) in [6, 6.07) is 7.28. The highest BCUT2D eigenvalue weighted by Gasteiger charge is 2.27. The lowest BCUT2D eigenvalue weighted by Crippen LogP contribution is -2.56. The van der Waals surface area contributed by atoms with Crippen molar-refractivity contribution >= 4 is 22.2 Å². The number of hydrogen-bond donors (Lipinski definition) is 1. The predicted octanol–water partition coefficient (Wildman–Crippen LogP) is 0.260. The number of aliphatic imine (C=N–C) groups is 1. The third kappa shape index (κ3) is 3.19. The van der Waals surface area contributed by atoms with Crippen LogP contribution in [0.2, 0.25) is 0 Å². The lowest BCUT2D eigenvalue weighted by molar-refractivity contribution is -0.534. The molecule has 0 amide bonds. The molecular weight excluding hydrogens is 311 g/mol. The van der Waals surface area contributed by atoms with Gasteiger partial charge in [0.05, 0.1) is 6.34 Å². The maximum absolute atomic E-state index is 13.9. The minimum atomic E-state index is -4.17. The largest absolute Gasteiger partial charge is 0.513 e. The van der Waals surface area contributed by atoms with E-state index in [1.807, 2.05) is 0 Å². The van der Waals surface area contributed by atoms with Crippen molar-refractivity contribution in [3.8, 4) is 0 Å². The van der Waals surface area contributed by atoms with Gasteiger partial charge < -0.3 is 4.90 Å². The fourth-order valence-corrected chi connectivity index (χ4v) is 2.81. The molecule has 0 radical (unpaired) electrons. The van der Waals surface area contributed by atoms with Gasteiger partial charge in [-0.3, -0.25) is 0 Å². The molecule has 0 atom stereocenters. The van der Waals surface area contributed by atoms with Crippen LogP contribution >= 0.6 is 0 Å². The number of aromatic nitrogens is 2. The molecule has 0 saturated carbocycles. The van der Waals surface area contributed by atoms with E-state index >= 15 is 0 Å². The first-order chi connectivity index (χ1) is 10.3. The van der Waals surface area contributed by atoms with Crippen molar-refractivity contribution in [1.29, 1.82) is 0 Å². The maximum atomic E-state index is 13.9. The van der Waals surface area contributed by atoms with Crippen molar-refractivity contribution in [2.24, 2.45) is 4.99 Å². The summed E-state index contributed by atoms with van der Waals surface area (Å²) in [5.74, 6) is -1.31. The molecule has 1 N–H and O–H groups in total. The summed E-state index contributed by atoms with van der Waals surface area (Å²) in [4.78, 5) is 19.2. The highest BCUT2D eigenvalue weighted by molar-refractivity contribution is 7.85. The number of aromatic amines is 1. The molecular formula is C13H14FN4O3S+. The molecule has 0 aliphatic carbocycles. The molecule has 0 saturated heterocycles. The fourth-order valence-electron chi connectivity index (χ4n) is 1.59. The zero-order chi connectivity index (χ0) is 16.3. The van der Waals surface area contributed by atoms with E-state index in [9.17, 15) is 17.6 Å². The molecule has 2 aromatic rings. The zero-order valence-electron chi connectivity index (χ0n) is 11.9. The van der Waals surface area contributed by atoms with Crippen LogP contribution in [0.1, 0.15) is 0 Å². The van der Waals surface area contributed by atoms with E-state index in [1.54, 1.807) is 25.1 Å². The maximum Gasteiger partial charge on any atom is 0.513 e. The molecule has 1 heterocycles. The lowest BCUT2D eigenvalue weighted by Gasteiger charge is -2.03. The minimum Gasteiger partial charge on any atom is -0.369 e. The average Bonchev–Trinajstić information content (AvgIpc) is 2.48. The van der Waals surface area contributed by atoms with Crippen LogP contribution in [0.5, 0.6) is 0 Å². The molecule has 1 aromatic heterocycles. The molecule has 116 valence electrons. The van der Waals surface area contributed by atoms with Crippen LogP contribution in [0.25, 0.3) is 0 Å². The molecule has 0 unspecified atom stereocenters. The summed E-state index contributed by atoms with van der Waals surface area (Å²) < 4.78 is 38.9. The van der Waals surface area contributed by atoms with Crippen molar-refractivity contribution < 1.29 is 16.8 Å². The standard InChI is InChI=1S/C13H13FN4O3S/c1-17(2)9-15-12-11(14)8-18(13(19)16-12)22(20,21)10-6-4-3-5-7-10/h3-9H,1-2H3/p+1. The molecule has 0 fully saturated rings. The van der Waals surface area contributed by atoms with E-state index in [2.05, 4.69) is 9.98 Å². The number of hydrogen-bond acceptors (Lipinski definition) is 4. The quantitative estimate of drug-likeness (QED) is 0.496. The van der Waals surface area contributed by atoms with Crippen LogP contribution in [0.15, 0.2) is 51.2 Å². The lowest BCUT2D eigenvalue weighted by atomic mass is 10.4. The van der Waals surface area contributed by atoms with Crippen molar-refractivity contribution in [2.45, 2.75) is 4.90 Å². The van der Waals surface area contributed by atoms with E-state index in [0.29, 0.717) is 10.2 Å². The summed E-state index contributed by atoms with van der Waals surface area (Å²) in [7, 11) is -0.831. The number of rotatable bonds is 4. The molecule has 0 spiro atoms. The van der Waals surface area contributed by atoms with E-state index in [0.717, 1.165) is 0 Å². The van der Waals surface area contributed by atoms with Crippen molar-refractivity contribution in [3.05, 3.63) is 52.8 Å². The van der Waals surface area contributed by atoms with Gasteiger partial charge in [0.1, 0.15) is 4.90 Å². The van der Waals surface area contributed by atoms with Gasteiger partial charge in [-0.15, -0.1) is 0 Å². The van der Waals surface area contributed by atoms with Crippen LogP contribution in [-0.4, -0.2) is 38.7 Å². The molecule has 22 heavy (non-hydrogen) atoms. The Bertz CT molecular complexity index is 861. The second-order valence-electron chi connectivity index (χ2n) is 4.58. The van der Waals surface area contributed by atoms with Crippen molar-refractivity contribution in [1.82, 2.24) is 9.88 Å². The highest BCUT2D eigenvalue weighted by Crippen LogP contribution is 2.11. The second kappa shape index (κ2) is 6.06. The molecule has 0 aliphatic heterocycles. The molecule has 1 aromatic carbocycles. The fraction of sp³-hybridized carbons (Fsp3) is 0.154. The van der Waals surface area contributed by atoms with Gasteiger partial charge in [0, 0.05) is 14.1 Å². The van der Waals surface area contributed by atoms with Crippen molar-refractivity contribution in [3.63, 3.8) is 0 Å². The van der Waals surface area contributed by atoms with Crippen LogP contribution in [0.4, 0.5) is 10.2 Å². The Balaban J connectivity index is 2.55. The first-order valence-electron chi connectivity index (χ1n) is 6.18. The van der Waals surface area contributed by atoms with E-state index in [-0.39, 0.29) is 10.7 Å². The van der Waals surface area contributed by atoms with Crippen molar-refractivity contribution in [2.75, 3.05) is 14.1 Å². The summed E-state index contributed by atoms with van der Waals surface area (Å²) in [6.07, 6.45) is 1.88. The Morgan fingerprint density at radius 1 is 1.27 bits per heavy atom. The van der Waals surface area contributed by atoms with Gasteiger partial charge in [-0.1, -0.05) is 22.2 Å². The Labute approximate surface area is 126 Å². The van der Waals surface area contributed by atoms with Gasteiger partial charge >= 0.3 is 15.7 Å². The van der Waals surface area contributed by atoms with Gasteiger partial charge in [0.25, 0.3) is 5.82 Å². The van der Waals surface area contributed by atoms with Gasteiger partial charge in [0.15, 0.2) is 6.20 Å². The van der Waals surface area contributed by atoms with E-state index < -0.39 is 21.5 Å². The smallest absolute Gasteiger partial charge is 0.369 e. The van der Waals surface area contributed by atoms with E-state index in [4.69, 9.17) is 0 Å². The van der Waals surface area contributed by atoms with Gasteiger partial charge in [0.2, 0.25) is 5.82 Å². The Morgan fingerprint density at radius 2 is 1.91 bits per heavy atom. The predicted molar refractivity (Wildman–Crippen MR) is 78.1 cm³/mol. The Hall–Kier alpha value is -2.55. The number of halogens is 1. The number of nitrogens with zero attached hydrogens (tertiary/aromatic N) is 3. The summed E-state index contributed by atoms with van der Waals surface area (Å²) in [5.41, 5.74) is -1.00. The molecule has 7 nitrogen and oxygen atoms in total. The van der Waals surface area contributed by atoms with Crippen LogP contribution in [-0.2, 0) is 10.0 Å². The number of benzene rings is 1. The molecule has 0 bridgehead atoms. The summed E-state index contributed by atoms with van der Waals surface area (Å²) >= 11 is 0. The SMILES string of the molecule is CN(C)C=Nc1[nH]c(=O)[n+](S(=O)(=O)c2ccccc2)cc1F. The van der Waals surface area contributed by atoms with Crippen LogP contribution in [0.3, 0.4) is 0 Å². The topological polar surface area (TPSA) is 86.5 Å². The first kappa shape index (κ1) is 15.8. The monoisotopic (exact) mass is 325 g/mol. The summed E-state index contributed by atoms with van der Waals surface area (Å²) in [5, 5.41) is 0. The Kier molecular flexibility index (Phi) is 4.36. The number of H-pyrrole nitrogens is 1. The molecule has 0 aliphatic rings. The highest BCUT2D eigenvalue weighted by atomic mass is 32.2. The summed E-state index contributed by atoms with van der Waals surface area (Å²) in [6.45, 7) is 0. The third-order valence-electron chi connectivity index (χ3n) is 2.60. The Morgan fingerprint density at radius 3 is 2.50 bits per heavy atom. The van der Waals surface area contributed by atoms with Crippen LogP contribution in [0, 0.1) is 5.82 Å². The molecule has 9 heteroatoms. The molecule has 2 rings (SSSR count). The van der Waals surface area contributed by atoms with Gasteiger partial charge in [-0.25, -0.2) is 0 Å².